The molecular weight excluding hydrogens is 212 g/mol. The maximum atomic E-state index is 11.8. The SMILES string of the molecule is C[C@@H]1C(=O)C=C2C(C(C)(C)O)=CC(C)(C)C[C@H]21. The smallest absolute Gasteiger partial charge is 0.159 e. The average molecular weight is 234 g/mol. The lowest BCUT2D eigenvalue weighted by Gasteiger charge is -2.39. The first-order valence-electron chi connectivity index (χ1n) is 6.33. The van der Waals surface area contributed by atoms with Crippen LogP contribution in [0.1, 0.15) is 41.0 Å². The first-order chi connectivity index (χ1) is 7.62. The molecule has 0 radical (unpaired) electrons. The molecule has 2 nitrogen and oxygen atoms in total. The van der Waals surface area contributed by atoms with Gasteiger partial charge in [0.05, 0.1) is 5.60 Å². The third kappa shape index (κ3) is 2.11. The highest BCUT2D eigenvalue weighted by atomic mass is 16.3. The van der Waals surface area contributed by atoms with Crippen molar-refractivity contribution in [2.45, 2.75) is 46.6 Å². The summed E-state index contributed by atoms with van der Waals surface area (Å²) in [6.45, 7) is 9.94. The number of fused-ring (bicyclic) bond motifs is 1. The quantitative estimate of drug-likeness (QED) is 0.757. The highest BCUT2D eigenvalue weighted by Crippen LogP contribution is 2.49. The van der Waals surface area contributed by atoms with E-state index in [1.54, 1.807) is 19.9 Å². The van der Waals surface area contributed by atoms with Crippen LogP contribution in [0.5, 0.6) is 0 Å². The van der Waals surface area contributed by atoms with Crippen LogP contribution >= 0.6 is 0 Å². The van der Waals surface area contributed by atoms with Gasteiger partial charge in [-0.1, -0.05) is 26.8 Å². The first kappa shape index (κ1) is 12.6. The van der Waals surface area contributed by atoms with E-state index in [4.69, 9.17) is 0 Å². The summed E-state index contributed by atoms with van der Waals surface area (Å²) in [5.74, 6) is 0.553. The van der Waals surface area contributed by atoms with Gasteiger partial charge in [0.25, 0.3) is 0 Å². The summed E-state index contributed by atoms with van der Waals surface area (Å²) in [5, 5.41) is 10.3. The zero-order chi connectivity index (χ0) is 13.0. The Labute approximate surface area is 103 Å². The van der Waals surface area contributed by atoms with Crippen LogP contribution in [-0.2, 0) is 4.79 Å². The molecular formula is C15H22O2. The molecule has 2 rings (SSSR count). The van der Waals surface area contributed by atoms with E-state index < -0.39 is 5.60 Å². The Hall–Kier alpha value is -0.890. The van der Waals surface area contributed by atoms with Gasteiger partial charge in [-0.25, -0.2) is 0 Å². The number of carbonyl (C=O) groups excluding carboxylic acids is 1. The zero-order valence-corrected chi connectivity index (χ0v) is 11.4. The highest BCUT2D eigenvalue weighted by Gasteiger charge is 2.43. The van der Waals surface area contributed by atoms with Crippen LogP contribution in [0.2, 0.25) is 0 Å². The lowest BCUT2D eigenvalue weighted by atomic mass is 9.67. The fourth-order valence-electron chi connectivity index (χ4n) is 3.05. The van der Waals surface area contributed by atoms with E-state index in [1.807, 2.05) is 6.92 Å². The molecule has 0 aromatic rings. The highest BCUT2D eigenvalue weighted by molar-refractivity contribution is 5.96. The third-order valence-corrected chi connectivity index (χ3v) is 4.00. The fourth-order valence-corrected chi connectivity index (χ4v) is 3.05. The maximum Gasteiger partial charge on any atom is 0.159 e. The summed E-state index contributed by atoms with van der Waals surface area (Å²) >= 11 is 0. The van der Waals surface area contributed by atoms with E-state index in [2.05, 4.69) is 19.9 Å². The van der Waals surface area contributed by atoms with Crippen molar-refractivity contribution in [3.05, 3.63) is 23.3 Å². The van der Waals surface area contributed by atoms with E-state index >= 15 is 0 Å². The normalized spacial score (nSPS) is 32.0. The number of aliphatic hydroxyl groups is 1. The molecule has 2 aliphatic rings. The van der Waals surface area contributed by atoms with E-state index in [1.165, 1.54) is 0 Å². The second kappa shape index (κ2) is 3.55. The molecule has 2 atom stereocenters. The van der Waals surface area contributed by atoms with Crippen molar-refractivity contribution in [1.82, 2.24) is 0 Å². The minimum absolute atomic E-state index is 0.0518. The van der Waals surface area contributed by atoms with Crippen molar-refractivity contribution in [3.8, 4) is 0 Å². The predicted octanol–water partition coefficient (Wildman–Crippen LogP) is 2.88. The summed E-state index contributed by atoms with van der Waals surface area (Å²) in [5.41, 5.74) is 1.19. The van der Waals surface area contributed by atoms with Crippen molar-refractivity contribution < 1.29 is 9.90 Å². The van der Waals surface area contributed by atoms with E-state index in [0.717, 1.165) is 17.6 Å². The largest absolute Gasteiger partial charge is 0.386 e. The lowest BCUT2D eigenvalue weighted by molar-refractivity contribution is -0.117. The molecule has 0 amide bonds. The molecule has 0 unspecified atom stereocenters. The van der Waals surface area contributed by atoms with E-state index in [9.17, 15) is 9.90 Å². The van der Waals surface area contributed by atoms with Crippen molar-refractivity contribution in [1.29, 1.82) is 0 Å². The van der Waals surface area contributed by atoms with Gasteiger partial charge in [0.15, 0.2) is 5.78 Å². The molecule has 1 N–H and O–H groups in total. The standard InChI is InChI=1S/C15H22O2/c1-9-11-7-14(2,3)8-12(15(4,5)17)10(11)6-13(9)16/h6,8-9,11,17H,7H2,1-5H3/t9-,11-/m0/s1. The molecule has 0 fully saturated rings. The Balaban J connectivity index is 2.52. The Morgan fingerprint density at radius 3 is 2.53 bits per heavy atom. The Morgan fingerprint density at radius 1 is 1.41 bits per heavy atom. The molecule has 0 saturated heterocycles. The van der Waals surface area contributed by atoms with Crippen molar-refractivity contribution in [2.75, 3.05) is 0 Å². The summed E-state index contributed by atoms with van der Waals surface area (Å²) in [7, 11) is 0. The average Bonchev–Trinajstić information content (AvgIpc) is 2.41. The predicted molar refractivity (Wildman–Crippen MR) is 68.5 cm³/mol. The monoisotopic (exact) mass is 234 g/mol. The van der Waals surface area contributed by atoms with E-state index in [0.29, 0.717) is 0 Å². The van der Waals surface area contributed by atoms with Crippen LogP contribution in [0.4, 0.5) is 0 Å². The van der Waals surface area contributed by atoms with Gasteiger partial charge in [-0.3, -0.25) is 4.79 Å². The van der Waals surface area contributed by atoms with Gasteiger partial charge in [0.1, 0.15) is 0 Å². The van der Waals surface area contributed by atoms with Gasteiger partial charge in [-0.15, -0.1) is 0 Å². The molecule has 0 bridgehead atoms. The first-order valence-corrected chi connectivity index (χ1v) is 6.33. The molecule has 2 heteroatoms. The fraction of sp³-hybridized carbons (Fsp3) is 0.667. The number of rotatable bonds is 1. The van der Waals surface area contributed by atoms with Crippen LogP contribution < -0.4 is 0 Å². The topological polar surface area (TPSA) is 37.3 Å². The Morgan fingerprint density at radius 2 is 2.00 bits per heavy atom. The number of hydrogen-bond acceptors (Lipinski definition) is 2. The molecule has 94 valence electrons. The zero-order valence-electron chi connectivity index (χ0n) is 11.4. The second-order valence-electron chi connectivity index (χ2n) is 6.71. The van der Waals surface area contributed by atoms with Crippen molar-refractivity contribution in [3.63, 3.8) is 0 Å². The van der Waals surface area contributed by atoms with Gasteiger partial charge in [0.2, 0.25) is 0 Å². The summed E-state index contributed by atoms with van der Waals surface area (Å²) in [6, 6.07) is 0. The van der Waals surface area contributed by atoms with Crippen LogP contribution in [-0.4, -0.2) is 16.5 Å². The second-order valence-corrected chi connectivity index (χ2v) is 6.71. The summed E-state index contributed by atoms with van der Waals surface area (Å²) in [6.07, 6.45) is 4.88. The van der Waals surface area contributed by atoms with Crippen molar-refractivity contribution in [2.24, 2.45) is 17.3 Å². The molecule has 17 heavy (non-hydrogen) atoms. The van der Waals surface area contributed by atoms with Gasteiger partial charge < -0.3 is 5.11 Å². The van der Waals surface area contributed by atoms with Gasteiger partial charge >= 0.3 is 0 Å². The van der Waals surface area contributed by atoms with Gasteiger partial charge in [-0.05, 0) is 48.8 Å². The number of ketones is 1. The summed E-state index contributed by atoms with van der Waals surface area (Å²) < 4.78 is 0. The molecule has 0 heterocycles. The van der Waals surface area contributed by atoms with Crippen LogP contribution in [0.3, 0.4) is 0 Å². The molecule has 0 aromatic heterocycles. The van der Waals surface area contributed by atoms with Gasteiger partial charge in [-0.2, -0.15) is 0 Å². The van der Waals surface area contributed by atoms with Crippen LogP contribution in [0, 0.1) is 17.3 Å². The minimum atomic E-state index is -0.869. The van der Waals surface area contributed by atoms with Gasteiger partial charge in [0, 0.05) is 5.92 Å². The molecule has 0 aliphatic heterocycles. The van der Waals surface area contributed by atoms with E-state index in [-0.39, 0.29) is 23.0 Å². The minimum Gasteiger partial charge on any atom is -0.386 e. The van der Waals surface area contributed by atoms with Crippen molar-refractivity contribution >= 4 is 5.78 Å². The molecule has 0 spiro atoms. The number of allylic oxidation sites excluding steroid dienone is 2. The maximum absolute atomic E-state index is 11.8. The molecule has 2 aliphatic carbocycles. The summed E-state index contributed by atoms with van der Waals surface area (Å²) in [4.78, 5) is 11.8. The number of carbonyl (C=O) groups is 1. The Kier molecular flexibility index (Phi) is 2.62. The van der Waals surface area contributed by atoms with Crippen LogP contribution in [0.25, 0.3) is 0 Å². The van der Waals surface area contributed by atoms with Crippen LogP contribution in [0.15, 0.2) is 23.3 Å². The lowest BCUT2D eigenvalue weighted by Crippen LogP contribution is -2.33. The Bertz CT molecular complexity index is 419. The third-order valence-electron chi connectivity index (χ3n) is 4.00. The molecule has 0 saturated carbocycles. The number of hydrogen-bond donors (Lipinski definition) is 1. The molecule has 0 aromatic carbocycles.